The normalized spacial score (nSPS) is 18.2. The zero-order valence-corrected chi connectivity index (χ0v) is 10.8. The minimum atomic E-state index is 0.767. The molecule has 4 nitrogen and oxygen atoms in total. The number of rotatable bonds is 3. The van der Waals surface area contributed by atoms with Crippen molar-refractivity contribution in [3.05, 3.63) is 18.5 Å². The molecule has 0 aromatic carbocycles. The molecule has 94 valence electrons. The van der Waals surface area contributed by atoms with E-state index in [0.717, 1.165) is 23.8 Å². The third-order valence-electron chi connectivity index (χ3n) is 3.61. The van der Waals surface area contributed by atoms with Gasteiger partial charge in [0.05, 0.1) is 17.6 Å². The van der Waals surface area contributed by atoms with Crippen molar-refractivity contribution < 1.29 is 0 Å². The smallest absolute Gasteiger partial charge is 0.0738 e. The molecule has 1 fully saturated rings. The Labute approximate surface area is 103 Å². The molecule has 2 heterocycles. The van der Waals surface area contributed by atoms with Crippen molar-refractivity contribution in [1.29, 1.82) is 0 Å². The molecule has 17 heavy (non-hydrogen) atoms. The molecule has 1 saturated heterocycles. The van der Waals surface area contributed by atoms with Crippen molar-refractivity contribution in [2.24, 2.45) is 5.92 Å². The fourth-order valence-electron chi connectivity index (χ4n) is 2.48. The van der Waals surface area contributed by atoms with Crippen molar-refractivity contribution in [2.45, 2.75) is 12.8 Å². The number of hydrogen-bond acceptors (Lipinski definition) is 4. The highest BCUT2D eigenvalue weighted by Crippen LogP contribution is 2.23. The van der Waals surface area contributed by atoms with E-state index in [9.17, 15) is 0 Å². The van der Waals surface area contributed by atoms with E-state index in [4.69, 9.17) is 5.73 Å². The first-order chi connectivity index (χ1) is 8.16. The van der Waals surface area contributed by atoms with Gasteiger partial charge in [-0.15, -0.1) is 0 Å². The zero-order valence-electron chi connectivity index (χ0n) is 10.8. The van der Waals surface area contributed by atoms with E-state index in [2.05, 4.69) is 28.9 Å². The fourth-order valence-corrected chi connectivity index (χ4v) is 2.48. The number of piperidine rings is 1. The summed E-state index contributed by atoms with van der Waals surface area (Å²) in [6, 6.07) is 1.99. The topological polar surface area (TPSA) is 45.4 Å². The Bertz CT molecular complexity index is 358. The van der Waals surface area contributed by atoms with Crippen LogP contribution in [0.15, 0.2) is 18.5 Å². The molecule has 1 aliphatic heterocycles. The van der Waals surface area contributed by atoms with Crippen LogP contribution in [0.25, 0.3) is 0 Å². The minimum absolute atomic E-state index is 0.767. The minimum Gasteiger partial charge on any atom is -0.396 e. The second-order valence-corrected chi connectivity index (χ2v) is 5.06. The van der Waals surface area contributed by atoms with E-state index in [0.29, 0.717) is 0 Å². The van der Waals surface area contributed by atoms with Crippen molar-refractivity contribution in [2.75, 3.05) is 44.4 Å². The predicted molar refractivity (Wildman–Crippen MR) is 72.1 cm³/mol. The molecular weight excluding hydrogens is 212 g/mol. The summed E-state index contributed by atoms with van der Waals surface area (Å²) in [5.74, 6) is 0.781. The molecule has 0 atom stereocenters. The van der Waals surface area contributed by atoms with Gasteiger partial charge in [-0.05, 0) is 45.0 Å². The summed E-state index contributed by atoms with van der Waals surface area (Å²) in [5, 5.41) is 0. The van der Waals surface area contributed by atoms with Gasteiger partial charge in [-0.25, -0.2) is 0 Å². The van der Waals surface area contributed by atoms with Crippen LogP contribution in [0.3, 0.4) is 0 Å². The first-order valence-corrected chi connectivity index (χ1v) is 6.26. The summed E-state index contributed by atoms with van der Waals surface area (Å²) in [5.41, 5.74) is 7.80. The number of pyridine rings is 1. The average molecular weight is 234 g/mol. The van der Waals surface area contributed by atoms with Gasteiger partial charge in [0.2, 0.25) is 0 Å². The lowest BCUT2D eigenvalue weighted by atomic mass is 9.96. The van der Waals surface area contributed by atoms with Crippen LogP contribution in [0.1, 0.15) is 12.8 Å². The predicted octanol–water partition coefficient (Wildman–Crippen LogP) is 1.44. The first-order valence-electron chi connectivity index (χ1n) is 6.26. The fraction of sp³-hybridized carbons (Fsp3) is 0.615. The van der Waals surface area contributed by atoms with Gasteiger partial charge in [-0.3, -0.25) is 4.98 Å². The van der Waals surface area contributed by atoms with E-state index in [1.54, 1.807) is 12.4 Å². The summed E-state index contributed by atoms with van der Waals surface area (Å²) >= 11 is 0. The lowest BCUT2D eigenvalue weighted by Crippen LogP contribution is -2.35. The third-order valence-corrected chi connectivity index (χ3v) is 3.61. The number of nitrogens with zero attached hydrogens (tertiary/aromatic N) is 3. The van der Waals surface area contributed by atoms with Crippen molar-refractivity contribution in [3.8, 4) is 0 Å². The van der Waals surface area contributed by atoms with Gasteiger partial charge in [0.1, 0.15) is 0 Å². The van der Waals surface area contributed by atoms with Crippen LogP contribution in [-0.4, -0.2) is 43.6 Å². The zero-order chi connectivity index (χ0) is 12.3. The Morgan fingerprint density at radius 1 is 1.47 bits per heavy atom. The highest BCUT2D eigenvalue weighted by atomic mass is 15.1. The SMILES string of the molecule is CN1CCC(CN(C)c2ccncc2N)CC1. The lowest BCUT2D eigenvalue weighted by Gasteiger charge is -2.32. The number of hydrogen-bond donors (Lipinski definition) is 1. The average Bonchev–Trinajstić information content (AvgIpc) is 2.32. The van der Waals surface area contributed by atoms with Gasteiger partial charge in [0, 0.05) is 19.8 Å². The summed E-state index contributed by atoms with van der Waals surface area (Å²) in [6.45, 7) is 3.51. The molecule has 0 aliphatic carbocycles. The monoisotopic (exact) mass is 234 g/mol. The second-order valence-electron chi connectivity index (χ2n) is 5.06. The highest BCUT2D eigenvalue weighted by molar-refractivity contribution is 5.65. The van der Waals surface area contributed by atoms with Crippen LogP contribution in [0.5, 0.6) is 0 Å². The standard InChI is InChI=1S/C13H22N4/c1-16-7-4-11(5-8-16)10-17(2)13-3-6-15-9-12(13)14/h3,6,9,11H,4-5,7-8,10,14H2,1-2H3. The van der Waals surface area contributed by atoms with E-state index < -0.39 is 0 Å². The van der Waals surface area contributed by atoms with Crippen molar-refractivity contribution in [3.63, 3.8) is 0 Å². The van der Waals surface area contributed by atoms with Gasteiger partial charge in [-0.2, -0.15) is 0 Å². The van der Waals surface area contributed by atoms with Crippen LogP contribution in [0.2, 0.25) is 0 Å². The van der Waals surface area contributed by atoms with Crippen LogP contribution < -0.4 is 10.6 Å². The van der Waals surface area contributed by atoms with E-state index in [-0.39, 0.29) is 0 Å². The first kappa shape index (κ1) is 12.2. The molecule has 1 aromatic rings. The Morgan fingerprint density at radius 3 is 2.82 bits per heavy atom. The summed E-state index contributed by atoms with van der Waals surface area (Å²) in [4.78, 5) is 8.68. The van der Waals surface area contributed by atoms with Crippen LogP contribution >= 0.6 is 0 Å². The maximum atomic E-state index is 5.94. The van der Waals surface area contributed by atoms with Gasteiger partial charge in [0.15, 0.2) is 0 Å². The molecule has 0 amide bonds. The molecule has 0 bridgehead atoms. The lowest BCUT2D eigenvalue weighted by molar-refractivity contribution is 0.222. The van der Waals surface area contributed by atoms with Crippen LogP contribution in [0, 0.1) is 5.92 Å². The molecule has 0 radical (unpaired) electrons. The molecule has 1 aliphatic rings. The van der Waals surface area contributed by atoms with E-state index in [1.807, 2.05) is 6.07 Å². The van der Waals surface area contributed by atoms with Gasteiger partial charge >= 0.3 is 0 Å². The number of nitrogens with two attached hydrogens (primary N) is 1. The molecule has 4 heteroatoms. The van der Waals surface area contributed by atoms with Gasteiger partial charge in [0.25, 0.3) is 0 Å². The number of nitrogen functional groups attached to an aromatic ring is 1. The quantitative estimate of drug-likeness (QED) is 0.859. The molecular formula is C13H22N4. The number of anilines is 2. The summed E-state index contributed by atoms with van der Waals surface area (Å²) in [7, 11) is 4.31. The Kier molecular flexibility index (Phi) is 3.84. The molecule has 0 unspecified atom stereocenters. The molecule has 0 saturated carbocycles. The number of aromatic nitrogens is 1. The summed E-state index contributed by atoms with van der Waals surface area (Å²) < 4.78 is 0. The highest BCUT2D eigenvalue weighted by Gasteiger charge is 2.18. The number of likely N-dealkylation sites (tertiary alicyclic amines) is 1. The maximum absolute atomic E-state index is 5.94. The Morgan fingerprint density at radius 2 is 2.18 bits per heavy atom. The maximum Gasteiger partial charge on any atom is 0.0738 e. The summed E-state index contributed by atoms with van der Waals surface area (Å²) in [6.07, 6.45) is 6.09. The molecule has 2 N–H and O–H groups in total. The second kappa shape index (κ2) is 5.36. The third kappa shape index (κ3) is 3.09. The van der Waals surface area contributed by atoms with Gasteiger partial charge < -0.3 is 15.5 Å². The van der Waals surface area contributed by atoms with Crippen LogP contribution in [0.4, 0.5) is 11.4 Å². The van der Waals surface area contributed by atoms with E-state index >= 15 is 0 Å². The molecule has 0 spiro atoms. The Hall–Kier alpha value is -1.29. The molecule has 1 aromatic heterocycles. The van der Waals surface area contributed by atoms with E-state index in [1.165, 1.54) is 25.9 Å². The largest absolute Gasteiger partial charge is 0.396 e. The Balaban J connectivity index is 1.93. The van der Waals surface area contributed by atoms with Crippen molar-refractivity contribution in [1.82, 2.24) is 9.88 Å². The van der Waals surface area contributed by atoms with Gasteiger partial charge in [-0.1, -0.05) is 0 Å². The molecule has 2 rings (SSSR count). The van der Waals surface area contributed by atoms with Crippen molar-refractivity contribution >= 4 is 11.4 Å². The van der Waals surface area contributed by atoms with Crippen LogP contribution in [-0.2, 0) is 0 Å².